The highest BCUT2D eigenvalue weighted by molar-refractivity contribution is 7.98. The summed E-state index contributed by atoms with van der Waals surface area (Å²) in [5, 5.41) is 0. The van der Waals surface area contributed by atoms with Crippen molar-refractivity contribution in [1.82, 2.24) is 4.90 Å². The molecular formula is C16H25NOS. The molecule has 0 spiro atoms. The number of thioether (sulfide) groups is 1. The normalized spacial score (nSPS) is 21.6. The monoisotopic (exact) mass is 279 g/mol. The molecule has 106 valence electrons. The first-order chi connectivity index (χ1) is 9.01. The molecule has 0 N–H and O–H groups in total. The highest BCUT2D eigenvalue weighted by atomic mass is 32.2. The van der Waals surface area contributed by atoms with E-state index >= 15 is 0 Å². The fourth-order valence-electron chi connectivity index (χ4n) is 2.72. The molecule has 0 aromatic heterocycles. The summed E-state index contributed by atoms with van der Waals surface area (Å²) < 4.78 is 5.64. The van der Waals surface area contributed by atoms with Gasteiger partial charge in [0.1, 0.15) is 0 Å². The van der Waals surface area contributed by atoms with Gasteiger partial charge < -0.3 is 4.74 Å². The lowest BCUT2D eigenvalue weighted by Crippen LogP contribution is -2.53. The van der Waals surface area contributed by atoms with E-state index in [9.17, 15) is 0 Å². The molecule has 1 fully saturated rings. The molecule has 2 rings (SSSR count). The van der Waals surface area contributed by atoms with Crippen molar-refractivity contribution in [1.29, 1.82) is 0 Å². The van der Waals surface area contributed by atoms with Crippen LogP contribution in [0.3, 0.4) is 0 Å². The first-order valence-electron chi connectivity index (χ1n) is 7.01. The maximum Gasteiger partial charge on any atom is 0.0674 e. The van der Waals surface area contributed by atoms with E-state index in [0.717, 1.165) is 26.1 Å². The second-order valence-electron chi connectivity index (χ2n) is 5.96. The van der Waals surface area contributed by atoms with Crippen LogP contribution in [0.1, 0.15) is 26.3 Å². The minimum atomic E-state index is 0.193. The largest absolute Gasteiger partial charge is 0.376 e. The minimum absolute atomic E-state index is 0.193. The van der Waals surface area contributed by atoms with Crippen LogP contribution < -0.4 is 0 Å². The Kier molecular flexibility index (Phi) is 4.93. The average Bonchev–Trinajstić information content (AvgIpc) is 2.39. The summed E-state index contributed by atoms with van der Waals surface area (Å²) in [5.41, 5.74) is 1.61. The standard InChI is InChI=1S/C16H25NOS/c1-13-12-17(9-10-18-13)16(2,3)11-14-5-7-15(19-4)8-6-14/h5-8,13H,9-12H2,1-4H3. The molecule has 3 heteroatoms. The molecule has 1 heterocycles. The number of benzene rings is 1. The van der Waals surface area contributed by atoms with E-state index in [1.807, 2.05) is 0 Å². The Labute approximate surface area is 121 Å². The molecule has 1 unspecified atom stereocenters. The lowest BCUT2D eigenvalue weighted by Gasteiger charge is -2.43. The molecule has 1 atom stereocenters. The van der Waals surface area contributed by atoms with Crippen molar-refractivity contribution in [2.45, 2.75) is 43.7 Å². The number of ether oxygens (including phenoxy) is 1. The zero-order valence-corrected chi connectivity index (χ0v) is 13.3. The van der Waals surface area contributed by atoms with Gasteiger partial charge in [0.05, 0.1) is 12.7 Å². The Morgan fingerprint density at radius 1 is 1.32 bits per heavy atom. The maximum absolute atomic E-state index is 5.64. The van der Waals surface area contributed by atoms with Gasteiger partial charge in [0, 0.05) is 23.5 Å². The van der Waals surface area contributed by atoms with Gasteiger partial charge in [-0.25, -0.2) is 0 Å². The molecule has 1 aliphatic heterocycles. The van der Waals surface area contributed by atoms with E-state index in [0.29, 0.717) is 6.10 Å². The van der Waals surface area contributed by atoms with Gasteiger partial charge in [-0.3, -0.25) is 4.90 Å². The van der Waals surface area contributed by atoms with Gasteiger partial charge in [0.2, 0.25) is 0 Å². The van der Waals surface area contributed by atoms with Crippen LogP contribution in [0.4, 0.5) is 0 Å². The summed E-state index contributed by atoms with van der Waals surface area (Å²) in [5.74, 6) is 0. The predicted octanol–water partition coefficient (Wildman–Crippen LogP) is 3.45. The van der Waals surface area contributed by atoms with Crippen molar-refractivity contribution in [3.8, 4) is 0 Å². The molecule has 0 bridgehead atoms. The van der Waals surface area contributed by atoms with Crippen LogP contribution in [0.5, 0.6) is 0 Å². The Morgan fingerprint density at radius 2 is 2.00 bits per heavy atom. The smallest absolute Gasteiger partial charge is 0.0674 e. The Morgan fingerprint density at radius 3 is 2.58 bits per heavy atom. The highest BCUT2D eigenvalue weighted by Crippen LogP contribution is 2.24. The van der Waals surface area contributed by atoms with Crippen LogP contribution in [0, 0.1) is 0 Å². The summed E-state index contributed by atoms with van der Waals surface area (Å²) in [6.07, 6.45) is 3.56. The molecule has 0 aliphatic carbocycles. The number of morpholine rings is 1. The Bertz CT molecular complexity index is 402. The third-order valence-electron chi connectivity index (χ3n) is 3.89. The van der Waals surface area contributed by atoms with E-state index in [1.54, 1.807) is 11.8 Å². The second-order valence-corrected chi connectivity index (χ2v) is 6.84. The number of nitrogens with zero attached hydrogens (tertiary/aromatic N) is 1. The van der Waals surface area contributed by atoms with Gasteiger partial charge in [0.15, 0.2) is 0 Å². The fourth-order valence-corrected chi connectivity index (χ4v) is 3.13. The molecule has 1 aromatic carbocycles. The zero-order chi connectivity index (χ0) is 13.9. The summed E-state index contributed by atoms with van der Waals surface area (Å²) >= 11 is 1.80. The number of hydrogen-bond acceptors (Lipinski definition) is 3. The van der Waals surface area contributed by atoms with Crippen molar-refractivity contribution in [2.24, 2.45) is 0 Å². The summed E-state index contributed by atoms with van der Waals surface area (Å²) in [7, 11) is 0. The van der Waals surface area contributed by atoms with Crippen LogP contribution in [0.2, 0.25) is 0 Å². The second kappa shape index (κ2) is 6.29. The quantitative estimate of drug-likeness (QED) is 0.783. The van der Waals surface area contributed by atoms with E-state index < -0.39 is 0 Å². The molecular weight excluding hydrogens is 254 g/mol. The average molecular weight is 279 g/mol. The Hall–Kier alpha value is -0.510. The van der Waals surface area contributed by atoms with Crippen LogP contribution in [0.15, 0.2) is 29.2 Å². The van der Waals surface area contributed by atoms with Crippen molar-refractivity contribution >= 4 is 11.8 Å². The summed E-state index contributed by atoms with van der Waals surface area (Å²) in [6.45, 7) is 9.78. The van der Waals surface area contributed by atoms with Crippen molar-refractivity contribution in [2.75, 3.05) is 26.0 Å². The first-order valence-corrected chi connectivity index (χ1v) is 8.23. The van der Waals surface area contributed by atoms with Crippen molar-refractivity contribution in [3.63, 3.8) is 0 Å². The van der Waals surface area contributed by atoms with Gasteiger partial charge in [-0.15, -0.1) is 11.8 Å². The molecule has 1 aromatic rings. The molecule has 1 aliphatic rings. The maximum atomic E-state index is 5.64. The third-order valence-corrected chi connectivity index (χ3v) is 4.64. The minimum Gasteiger partial charge on any atom is -0.376 e. The van der Waals surface area contributed by atoms with Gasteiger partial charge in [-0.05, 0) is 51.1 Å². The molecule has 0 amide bonds. The number of hydrogen-bond donors (Lipinski definition) is 0. The fraction of sp³-hybridized carbons (Fsp3) is 0.625. The van der Waals surface area contributed by atoms with Crippen LogP contribution in [0.25, 0.3) is 0 Å². The van der Waals surface area contributed by atoms with Crippen LogP contribution in [-0.2, 0) is 11.2 Å². The SMILES string of the molecule is CSc1ccc(CC(C)(C)N2CCOC(C)C2)cc1. The van der Waals surface area contributed by atoms with Crippen molar-refractivity contribution in [3.05, 3.63) is 29.8 Å². The lowest BCUT2D eigenvalue weighted by atomic mass is 9.92. The molecule has 1 saturated heterocycles. The van der Waals surface area contributed by atoms with E-state index in [1.165, 1.54) is 10.5 Å². The topological polar surface area (TPSA) is 12.5 Å². The van der Waals surface area contributed by atoms with Gasteiger partial charge >= 0.3 is 0 Å². The van der Waals surface area contributed by atoms with Gasteiger partial charge in [-0.2, -0.15) is 0 Å². The van der Waals surface area contributed by atoms with Gasteiger partial charge in [0.25, 0.3) is 0 Å². The highest BCUT2D eigenvalue weighted by Gasteiger charge is 2.30. The van der Waals surface area contributed by atoms with Crippen LogP contribution >= 0.6 is 11.8 Å². The van der Waals surface area contributed by atoms with E-state index in [4.69, 9.17) is 4.74 Å². The molecule has 0 radical (unpaired) electrons. The van der Waals surface area contributed by atoms with Crippen molar-refractivity contribution < 1.29 is 4.74 Å². The van der Waals surface area contributed by atoms with Gasteiger partial charge in [-0.1, -0.05) is 12.1 Å². The third kappa shape index (κ3) is 3.98. The Balaban J connectivity index is 2.02. The number of rotatable bonds is 4. The van der Waals surface area contributed by atoms with E-state index in [-0.39, 0.29) is 5.54 Å². The summed E-state index contributed by atoms with van der Waals surface area (Å²) in [4.78, 5) is 3.89. The molecule has 19 heavy (non-hydrogen) atoms. The zero-order valence-electron chi connectivity index (χ0n) is 12.5. The van der Waals surface area contributed by atoms with E-state index in [2.05, 4.69) is 56.2 Å². The predicted molar refractivity (Wildman–Crippen MR) is 83.0 cm³/mol. The van der Waals surface area contributed by atoms with Crippen LogP contribution in [-0.4, -0.2) is 42.5 Å². The molecule has 0 saturated carbocycles. The first kappa shape index (κ1) is 14.9. The lowest BCUT2D eigenvalue weighted by molar-refractivity contribution is -0.0537. The molecule has 2 nitrogen and oxygen atoms in total. The summed E-state index contributed by atoms with van der Waals surface area (Å²) in [6, 6.07) is 8.96.